The summed E-state index contributed by atoms with van der Waals surface area (Å²) in [7, 11) is 3.54. The van der Waals surface area contributed by atoms with Crippen molar-refractivity contribution in [2.45, 2.75) is 50.3 Å². The normalized spacial score (nSPS) is 26.0. The molecule has 0 aliphatic heterocycles. The zero-order valence-corrected chi connectivity index (χ0v) is 18.7. The molecule has 0 aromatic rings. The fourth-order valence-electron chi connectivity index (χ4n) is 3.41. The number of thioether (sulfide) groups is 1. The van der Waals surface area contributed by atoms with Crippen LogP contribution in [0.1, 0.15) is 39.5 Å². The number of hydrogen-bond donors (Lipinski definition) is 2. The van der Waals surface area contributed by atoms with E-state index in [2.05, 4.69) is 35.7 Å². The zero-order valence-electron chi connectivity index (χ0n) is 15.6. The van der Waals surface area contributed by atoms with Crippen molar-refractivity contribution in [3.63, 3.8) is 0 Å². The lowest BCUT2D eigenvalue weighted by atomic mass is 9.95. The number of carbonyl (C=O) groups is 1. The first-order chi connectivity index (χ1) is 10.8. The largest absolute Gasteiger partial charge is 0.355 e. The van der Waals surface area contributed by atoms with Crippen molar-refractivity contribution in [2.75, 3.05) is 33.4 Å². The first kappa shape index (κ1) is 21.9. The molecule has 24 heavy (non-hydrogen) atoms. The smallest absolute Gasteiger partial charge is 0.243 e. The summed E-state index contributed by atoms with van der Waals surface area (Å²) >= 11 is 1.83. The summed E-state index contributed by atoms with van der Waals surface area (Å²) in [5.41, 5.74) is 0. The van der Waals surface area contributed by atoms with Crippen molar-refractivity contribution in [2.24, 2.45) is 16.8 Å². The summed E-state index contributed by atoms with van der Waals surface area (Å²) in [4.78, 5) is 17.9. The Kier molecular flexibility index (Phi) is 8.65. The van der Waals surface area contributed by atoms with Gasteiger partial charge in [0.25, 0.3) is 0 Å². The van der Waals surface area contributed by atoms with E-state index in [0.29, 0.717) is 6.04 Å². The molecular formula is C17H33IN4OS. The number of carbonyl (C=O) groups excluding carboxylic acids is 1. The Hall–Kier alpha value is -0.180. The summed E-state index contributed by atoms with van der Waals surface area (Å²) in [5.74, 6) is 2.50. The van der Waals surface area contributed by atoms with Gasteiger partial charge in [0, 0.05) is 31.4 Å². The Bertz CT molecular complexity index is 456. The maximum atomic E-state index is 11.8. The molecule has 2 N–H and O–H groups in total. The molecule has 2 fully saturated rings. The molecule has 0 radical (unpaired) electrons. The van der Waals surface area contributed by atoms with Crippen molar-refractivity contribution in [3.8, 4) is 0 Å². The maximum absolute atomic E-state index is 11.8. The third-order valence-corrected chi connectivity index (χ3v) is 6.42. The minimum atomic E-state index is 0. The summed E-state index contributed by atoms with van der Waals surface area (Å²) < 4.78 is 0.142. The highest BCUT2D eigenvalue weighted by Crippen LogP contribution is 2.44. The van der Waals surface area contributed by atoms with Crippen LogP contribution < -0.4 is 10.6 Å². The van der Waals surface area contributed by atoms with Gasteiger partial charge in [0.1, 0.15) is 6.54 Å². The quantitative estimate of drug-likeness (QED) is 0.358. The Morgan fingerprint density at radius 2 is 2.00 bits per heavy atom. The number of fused-ring (bicyclic) bond motifs is 2. The van der Waals surface area contributed by atoms with E-state index in [1.165, 1.54) is 25.7 Å². The fraction of sp³-hybridized carbons (Fsp3) is 0.882. The van der Waals surface area contributed by atoms with Crippen molar-refractivity contribution in [1.29, 1.82) is 0 Å². The highest BCUT2D eigenvalue weighted by atomic mass is 127. The number of hydrogen-bond acceptors (Lipinski definition) is 3. The summed E-state index contributed by atoms with van der Waals surface area (Å²) in [6, 6.07) is 0.520. The third kappa shape index (κ3) is 6.28. The Morgan fingerprint density at radius 1 is 1.29 bits per heavy atom. The molecule has 7 heteroatoms. The molecule has 0 saturated heterocycles. The van der Waals surface area contributed by atoms with Crippen molar-refractivity contribution < 1.29 is 4.79 Å². The van der Waals surface area contributed by atoms with Crippen molar-refractivity contribution in [1.82, 2.24) is 15.5 Å². The van der Waals surface area contributed by atoms with Gasteiger partial charge < -0.3 is 15.5 Å². The van der Waals surface area contributed by atoms with E-state index in [4.69, 9.17) is 0 Å². The van der Waals surface area contributed by atoms with Crippen molar-refractivity contribution >= 4 is 47.6 Å². The fourth-order valence-corrected chi connectivity index (χ4v) is 3.62. The van der Waals surface area contributed by atoms with Gasteiger partial charge in [-0.15, -0.1) is 24.0 Å². The third-order valence-electron chi connectivity index (χ3n) is 5.17. The van der Waals surface area contributed by atoms with E-state index in [9.17, 15) is 4.79 Å². The topological polar surface area (TPSA) is 56.7 Å². The molecule has 2 rings (SSSR count). The van der Waals surface area contributed by atoms with Gasteiger partial charge in [0.05, 0.1) is 0 Å². The Balaban J connectivity index is 0.00000288. The van der Waals surface area contributed by atoms with E-state index in [1.54, 1.807) is 19.0 Å². The van der Waals surface area contributed by atoms with Crippen LogP contribution in [-0.4, -0.2) is 61.0 Å². The van der Waals surface area contributed by atoms with E-state index >= 15 is 0 Å². The molecule has 0 spiro atoms. The Morgan fingerprint density at radius 3 is 2.50 bits per heavy atom. The van der Waals surface area contributed by atoms with Crippen LogP contribution >= 0.6 is 35.7 Å². The second-order valence-corrected chi connectivity index (χ2v) is 9.21. The number of aliphatic imine (C=N–C) groups is 1. The number of rotatable bonds is 6. The first-order valence-corrected chi connectivity index (χ1v) is 9.83. The number of guanidine groups is 1. The van der Waals surface area contributed by atoms with E-state index in [-0.39, 0.29) is 41.2 Å². The molecule has 0 aromatic heterocycles. The number of amides is 1. The summed E-state index contributed by atoms with van der Waals surface area (Å²) in [5, 5.41) is 7.04. The minimum absolute atomic E-state index is 0. The minimum Gasteiger partial charge on any atom is -0.355 e. The molecule has 5 nitrogen and oxygen atoms in total. The highest BCUT2D eigenvalue weighted by molar-refractivity contribution is 14.0. The molecule has 3 unspecified atom stereocenters. The Labute approximate surface area is 168 Å². The number of likely N-dealkylation sites (N-methyl/N-ethyl adjacent to an activating group) is 1. The molecule has 2 bridgehead atoms. The molecule has 0 heterocycles. The molecule has 1 amide bonds. The van der Waals surface area contributed by atoms with E-state index in [0.717, 1.165) is 24.3 Å². The van der Waals surface area contributed by atoms with Crippen LogP contribution in [0.3, 0.4) is 0 Å². The van der Waals surface area contributed by atoms with Crippen LogP contribution in [0.15, 0.2) is 4.99 Å². The van der Waals surface area contributed by atoms with Gasteiger partial charge in [0.15, 0.2) is 5.96 Å². The van der Waals surface area contributed by atoms with Gasteiger partial charge in [-0.3, -0.25) is 4.79 Å². The van der Waals surface area contributed by atoms with Gasteiger partial charge in [-0.25, -0.2) is 4.99 Å². The SMILES string of the molecule is CSC(C)(C)CNC(=NCC(=O)N(C)C)NC1CC2CCC1C2.I. The van der Waals surface area contributed by atoms with E-state index in [1.807, 2.05) is 11.8 Å². The van der Waals surface area contributed by atoms with Crippen LogP contribution in [-0.2, 0) is 4.79 Å². The molecule has 2 aliphatic carbocycles. The van der Waals surface area contributed by atoms with Crippen LogP contribution in [0.4, 0.5) is 0 Å². The summed E-state index contributed by atoms with van der Waals surface area (Å²) in [6.07, 6.45) is 7.46. The molecule has 2 saturated carbocycles. The lowest BCUT2D eigenvalue weighted by molar-refractivity contribution is -0.127. The van der Waals surface area contributed by atoms with Crippen LogP contribution in [0.25, 0.3) is 0 Å². The standard InChI is InChI=1S/C17H32N4OS.HI/c1-17(2,23-5)11-19-16(18-10-15(22)21(3)4)20-14-9-12-6-7-13(14)8-12;/h12-14H,6-11H2,1-5H3,(H2,18,19,20);1H. The van der Waals surface area contributed by atoms with Crippen LogP contribution in [0.2, 0.25) is 0 Å². The maximum Gasteiger partial charge on any atom is 0.243 e. The van der Waals surface area contributed by atoms with Gasteiger partial charge >= 0.3 is 0 Å². The molecule has 3 atom stereocenters. The zero-order chi connectivity index (χ0) is 17.0. The van der Waals surface area contributed by atoms with Crippen LogP contribution in [0, 0.1) is 11.8 Å². The summed E-state index contributed by atoms with van der Waals surface area (Å²) in [6.45, 7) is 5.45. The molecule has 0 aromatic carbocycles. The van der Waals surface area contributed by atoms with Crippen molar-refractivity contribution in [3.05, 3.63) is 0 Å². The second kappa shape index (κ2) is 9.50. The first-order valence-electron chi connectivity index (χ1n) is 8.61. The number of nitrogens with one attached hydrogen (secondary N) is 2. The number of nitrogens with zero attached hydrogens (tertiary/aromatic N) is 2. The number of halogens is 1. The van der Waals surface area contributed by atoms with Crippen LogP contribution in [0.5, 0.6) is 0 Å². The van der Waals surface area contributed by atoms with Gasteiger partial charge in [-0.2, -0.15) is 11.8 Å². The predicted octanol–water partition coefficient (Wildman–Crippen LogP) is 2.56. The second-order valence-electron chi connectivity index (χ2n) is 7.70. The van der Waals surface area contributed by atoms with Gasteiger partial charge in [0.2, 0.25) is 5.91 Å². The van der Waals surface area contributed by atoms with Gasteiger partial charge in [-0.1, -0.05) is 6.42 Å². The van der Waals surface area contributed by atoms with Gasteiger partial charge in [-0.05, 0) is 51.2 Å². The molecule has 2 aliphatic rings. The highest BCUT2D eigenvalue weighted by Gasteiger charge is 2.39. The molecular weight excluding hydrogens is 435 g/mol. The predicted molar refractivity (Wildman–Crippen MR) is 114 cm³/mol. The average Bonchev–Trinajstić information content (AvgIpc) is 3.12. The monoisotopic (exact) mass is 468 g/mol. The average molecular weight is 468 g/mol. The lowest BCUT2D eigenvalue weighted by Gasteiger charge is -2.28. The van der Waals surface area contributed by atoms with E-state index < -0.39 is 0 Å². The lowest BCUT2D eigenvalue weighted by Crippen LogP contribution is -2.49. The molecule has 140 valence electrons.